The van der Waals surface area contributed by atoms with Crippen molar-refractivity contribution in [1.82, 2.24) is 0 Å². The number of fused-ring (bicyclic) bond motifs is 1. The van der Waals surface area contributed by atoms with Crippen LogP contribution in [0.4, 0.5) is 11.4 Å². The number of carbonyl (C=O) groups excluding carboxylic acids is 4. The SMILES string of the molecule is CCc1cccc(CC)c1N1C[C@H](C(=O)Oc2cccc(N3C(=O)[C@@H]4CCCC[C@H]4C3=O)c2)CC1=O. The summed E-state index contributed by atoms with van der Waals surface area (Å²) < 4.78 is 5.67. The lowest BCUT2D eigenvalue weighted by Gasteiger charge is -2.23. The minimum Gasteiger partial charge on any atom is -0.426 e. The van der Waals surface area contributed by atoms with E-state index in [1.807, 2.05) is 18.2 Å². The summed E-state index contributed by atoms with van der Waals surface area (Å²) in [5.74, 6) is -1.70. The second kappa shape index (κ2) is 9.88. The summed E-state index contributed by atoms with van der Waals surface area (Å²) in [5.41, 5.74) is 3.52. The summed E-state index contributed by atoms with van der Waals surface area (Å²) in [6.07, 6.45) is 5.10. The molecule has 0 spiro atoms. The third kappa shape index (κ3) is 4.21. The predicted octanol–water partition coefficient (Wildman–Crippen LogP) is 4.45. The van der Waals surface area contributed by atoms with Gasteiger partial charge in [-0.25, -0.2) is 4.90 Å². The largest absolute Gasteiger partial charge is 0.426 e. The molecule has 3 atom stereocenters. The molecule has 2 aromatic rings. The molecule has 0 bridgehead atoms. The Morgan fingerprint density at radius 3 is 2.14 bits per heavy atom. The standard InChI is InChI=1S/C29H32N2O5/c1-3-18-9-7-10-19(4-2)26(18)30-17-20(15-25(30)32)29(35)36-22-12-8-11-21(16-22)31-27(33)23-13-5-6-14-24(23)28(31)34/h7-12,16,20,23-24H,3-6,13-15,17H2,1-2H3/t20-,23-,24-/m1/s1. The summed E-state index contributed by atoms with van der Waals surface area (Å²) in [4.78, 5) is 54.9. The molecule has 7 nitrogen and oxygen atoms in total. The maximum atomic E-state index is 13.1. The second-order valence-corrected chi connectivity index (χ2v) is 9.97. The molecule has 0 aromatic heterocycles. The van der Waals surface area contributed by atoms with Gasteiger partial charge in [-0.05, 0) is 48.9 Å². The number of ether oxygens (including phenoxy) is 1. The maximum absolute atomic E-state index is 13.1. The molecule has 3 amide bonds. The zero-order chi connectivity index (χ0) is 25.4. The fraction of sp³-hybridized carbons (Fsp3) is 0.448. The van der Waals surface area contributed by atoms with Crippen LogP contribution in [0.15, 0.2) is 42.5 Å². The van der Waals surface area contributed by atoms with Crippen LogP contribution in [0.1, 0.15) is 57.1 Å². The Kier molecular flexibility index (Phi) is 6.65. The number of imide groups is 1. The Hall–Kier alpha value is -3.48. The first-order valence-electron chi connectivity index (χ1n) is 13.0. The van der Waals surface area contributed by atoms with Gasteiger partial charge in [-0.3, -0.25) is 19.2 Å². The molecule has 0 unspecified atom stereocenters. The Bertz CT molecular complexity index is 1180. The first kappa shape index (κ1) is 24.2. The van der Waals surface area contributed by atoms with Crippen molar-refractivity contribution in [2.45, 2.75) is 58.8 Å². The van der Waals surface area contributed by atoms with Crippen LogP contribution in [-0.4, -0.2) is 30.2 Å². The van der Waals surface area contributed by atoms with Gasteiger partial charge in [0.2, 0.25) is 17.7 Å². The van der Waals surface area contributed by atoms with Crippen molar-refractivity contribution >= 4 is 35.1 Å². The first-order valence-corrected chi connectivity index (χ1v) is 13.0. The smallest absolute Gasteiger partial charge is 0.316 e. The van der Waals surface area contributed by atoms with Gasteiger partial charge in [0.25, 0.3) is 0 Å². The predicted molar refractivity (Wildman–Crippen MR) is 136 cm³/mol. The molecule has 2 heterocycles. The summed E-state index contributed by atoms with van der Waals surface area (Å²) in [5, 5.41) is 0. The second-order valence-electron chi connectivity index (χ2n) is 9.97. The highest BCUT2D eigenvalue weighted by molar-refractivity contribution is 6.22. The van der Waals surface area contributed by atoms with Crippen LogP contribution < -0.4 is 14.5 Å². The monoisotopic (exact) mass is 488 g/mol. The van der Waals surface area contributed by atoms with Crippen LogP contribution in [0.5, 0.6) is 5.75 Å². The summed E-state index contributed by atoms with van der Waals surface area (Å²) >= 11 is 0. The molecule has 2 aliphatic heterocycles. The minimum atomic E-state index is -0.589. The molecule has 0 N–H and O–H groups in total. The number of aryl methyl sites for hydroxylation is 2. The summed E-state index contributed by atoms with van der Waals surface area (Å²) in [6, 6.07) is 12.6. The van der Waals surface area contributed by atoms with Crippen LogP contribution in [0, 0.1) is 17.8 Å². The van der Waals surface area contributed by atoms with Crippen LogP contribution >= 0.6 is 0 Å². The van der Waals surface area contributed by atoms with E-state index in [1.54, 1.807) is 29.2 Å². The molecule has 36 heavy (non-hydrogen) atoms. The average molecular weight is 489 g/mol. The van der Waals surface area contributed by atoms with Gasteiger partial charge in [0, 0.05) is 24.7 Å². The number of hydrogen-bond donors (Lipinski definition) is 0. The van der Waals surface area contributed by atoms with Gasteiger partial charge >= 0.3 is 5.97 Å². The average Bonchev–Trinajstić information content (AvgIpc) is 3.40. The molecule has 1 saturated carbocycles. The third-order valence-electron chi connectivity index (χ3n) is 7.83. The van der Waals surface area contributed by atoms with Gasteiger partial charge < -0.3 is 9.64 Å². The van der Waals surface area contributed by atoms with E-state index in [2.05, 4.69) is 13.8 Å². The normalized spacial score (nSPS) is 23.8. The van der Waals surface area contributed by atoms with E-state index in [1.165, 1.54) is 4.90 Å². The van der Waals surface area contributed by atoms with Crippen molar-refractivity contribution in [3.8, 4) is 5.75 Å². The number of nitrogens with zero attached hydrogens (tertiary/aromatic N) is 2. The van der Waals surface area contributed by atoms with Crippen molar-refractivity contribution in [3.05, 3.63) is 53.6 Å². The maximum Gasteiger partial charge on any atom is 0.316 e. The molecule has 2 saturated heterocycles. The number of para-hydroxylation sites is 1. The molecule has 0 radical (unpaired) electrons. The third-order valence-corrected chi connectivity index (χ3v) is 7.83. The molecule has 7 heteroatoms. The van der Waals surface area contributed by atoms with E-state index in [0.717, 1.165) is 55.3 Å². The lowest BCUT2D eigenvalue weighted by Crippen LogP contribution is -2.31. The van der Waals surface area contributed by atoms with E-state index in [9.17, 15) is 19.2 Å². The van der Waals surface area contributed by atoms with E-state index < -0.39 is 11.9 Å². The van der Waals surface area contributed by atoms with E-state index in [0.29, 0.717) is 5.69 Å². The van der Waals surface area contributed by atoms with Crippen molar-refractivity contribution in [2.24, 2.45) is 17.8 Å². The number of rotatable bonds is 6. The Labute approximate surface area is 211 Å². The molecule has 2 aromatic carbocycles. The number of esters is 1. The zero-order valence-corrected chi connectivity index (χ0v) is 20.9. The number of amides is 3. The Morgan fingerprint density at radius 1 is 0.917 bits per heavy atom. The highest BCUT2D eigenvalue weighted by Crippen LogP contribution is 2.41. The van der Waals surface area contributed by atoms with Crippen LogP contribution in [0.2, 0.25) is 0 Å². The Morgan fingerprint density at radius 2 is 1.53 bits per heavy atom. The number of benzene rings is 2. The molecule has 3 aliphatic rings. The van der Waals surface area contributed by atoms with Gasteiger partial charge in [-0.2, -0.15) is 0 Å². The lowest BCUT2D eigenvalue weighted by atomic mass is 9.81. The number of hydrogen-bond acceptors (Lipinski definition) is 5. The number of anilines is 2. The van der Waals surface area contributed by atoms with Gasteiger partial charge in [0.1, 0.15) is 5.75 Å². The first-order chi connectivity index (χ1) is 17.4. The molecular formula is C29H32N2O5. The lowest BCUT2D eigenvalue weighted by molar-refractivity contribution is -0.139. The highest BCUT2D eigenvalue weighted by atomic mass is 16.5. The van der Waals surface area contributed by atoms with Gasteiger partial charge in [-0.1, -0.05) is 51.0 Å². The van der Waals surface area contributed by atoms with E-state index in [4.69, 9.17) is 4.74 Å². The highest BCUT2D eigenvalue weighted by Gasteiger charge is 2.48. The summed E-state index contributed by atoms with van der Waals surface area (Å²) in [6.45, 7) is 4.39. The minimum absolute atomic E-state index is 0.0860. The molecule has 188 valence electrons. The van der Waals surface area contributed by atoms with Crippen LogP contribution in [-0.2, 0) is 32.0 Å². The molecule has 5 rings (SSSR count). The van der Waals surface area contributed by atoms with Crippen LogP contribution in [0.3, 0.4) is 0 Å². The van der Waals surface area contributed by atoms with Gasteiger partial charge in [0.15, 0.2) is 0 Å². The fourth-order valence-electron chi connectivity index (χ4n) is 5.95. The molecule has 3 fully saturated rings. The zero-order valence-electron chi connectivity index (χ0n) is 20.9. The van der Waals surface area contributed by atoms with Crippen LogP contribution in [0.25, 0.3) is 0 Å². The van der Waals surface area contributed by atoms with E-state index >= 15 is 0 Å². The van der Waals surface area contributed by atoms with Gasteiger partial charge in [-0.15, -0.1) is 0 Å². The van der Waals surface area contributed by atoms with Crippen molar-refractivity contribution in [3.63, 3.8) is 0 Å². The Balaban J connectivity index is 1.32. The van der Waals surface area contributed by atoms with Crippen molar-refractivity contribution < 1.29 is 23.9 Å². The number of carbonyl (C=O) groups is 4. The quantitative estimate of drug-likeness (QED) is 0.341. The van der Waals surface area contributed by atoms with Crippen molar-refractivity contribution in [2.75, 3.05) is 16.3 Å². The van der Waals surface area contributed by atoms with E-state index in [-0.39, 0.29) is 48.3 Å². The van der Waals surface area contributed by atoms with Crippen molar-refractivity contribution in [1.29, 1.82) is 0 Å². The molecular weight excluding hydrogens is 456 g/mol. The summed E-state index contributed by atoms with van der Waals surface area (Å²) in [7, 11) is 0. The van der Waals surface area contributed by atoms with Gasteiger partial charge in [0.05, 0.1) is 23.4 Å². The topological polar surface area (TPSA) is 84.0 Å². The fourth-order valence-corrected chi connectivity index (χ4v) is 5.95. The molecule has 1 aliphatic carbocycles.